The van der Waals surface area contributed by atoms with E-state index in [4.69, 9.17) is 10.5 Å². The van der Waals surface area contributed by atoms with Crippen LogP contribution in [0.15, 0.2) is 30.6 Å². The van der Waals surface area contributed by atoms with E-state index in [9.17, 15) is 0 Å². The summed E-state index contributed by atoms with van der Waals surface area (Å²) in [6, 6.07) is 6.10. The van der Waals surface area contributed by atoms with Crippen molar-refractivity contribution in [2.45, 2.75) is 31.9 Å². The van der Waals surface area contributed by atoms with Gasteiger partial charge in [-0.3, -0.25) is 4.90 Å². The van der Waals surface area contributed by atoms with Crippen LogP contribution in [0.5, 0.6) is 0 Å². The van der Waals surface area contributed by atoms with Crippen molar-refractivity contribution in [1.82, 2.24) is 14.3 Å². The highest BCUT2D eigenvalue weighted by Gasteiger charge is 2.20. The highest BCUT2D eigenvalue weighted by atomic mass is 16.5. The Morgan fingerprint density at radius 2 is 2.14 bits per heavy atom. The molecule has 0 bridgehead atoms. The third-order valence-electron chi connectivity index (χ3n) is 4.04. The highest BCUT2D eigenvalue weighted by molar-refractivity contribution is 5.39. The predicted octanol–water partition coefficient (Wildman–Crippen LogP) is 1.66. The second kappa shape index (κ2) is 7.02. The zero-order valence-corrected chi connectivity index (χ0v) is 12.4. The van der Waals surface area contributed by atoms with E-state index in [2.05, 4.69) is 20.5 Å². The minimum atomic E-state index is 0.411. The molecule has 5 heteroatoms. The fraction of sp³-hybridized carbons (Fsp3) is 0.562. The molecule has 0 saturated carbocycles. The highest BCUT2D eigenvalue weighted by Crippen LogP contribution is 2.16. The number of ether oxygens (including phenoxy) is 1. The Kier molecular flexibility index (Phi) is 4.85. The molecule has 0 atom stereocenters. The van der Waals surface area contributed by atoms with Crippen LogP contribution in [0.2, 0.25) is 0 Å². The standard InChI is InChI=1S/C16H24N4O/c17-7-3-11-21-15-5-9-19(10-6-15)12-14-13-20-8-2-1-4-16(20)18-14/h1-2,4,8,13,15H,3,5-7,9-12,17H2. The van der Waals surface area contributed by atoms with Gasteiger partial charge in [0.25, 0.3) is 0 Å². The van der Waals surface area contributed by atoms with Crippen LogP contribution in [-0.4, -0.2) is 46.6 Å². The number of fused-ring (bicyclic) bond motifs is 1. The lowest BCUT2D eigenvalue weighted by Crippen LogP contribution is -2.36. The molecule has 3 heterocycles. The number of hydrogen-bond acceptors (Lipinski definition) is 4. The monoisotopic (exact) mass is 288 g/mol. The maximum absolute atomic E-state index is 5.84. The van der Waals surface area contributed by atoms with Gasteiger partial charge >= 0.3 is 0 Å². The van der Waals surface area contributed by atoms with Crippen molar-refractivity contribution in [2.24, 2.45) is 5.73 Å². The molecule has 1 fully saturated rings. The Labute approximate surface area is 125 Å². The zero-order chi connectivity index (χ0) is 14.5. The van der Waals surface area contributed by atoms with Crippen LogP contribution in [0.4, 0.5) is 0 Å². The van der Waals surface area contributed by atoms with E-state index in [0.717, 1.165) is 56.8 Å². The molecule has 2 aromatic heterocycles. The number of rotatable bonds is 6. The number of nitrogens with zero attached hydrogens (tertiary/aromatic N) is 3. The van der Waals surface area contributed by atoms with E-state index in [-0.39, 0.29) is 0 Å². The first kappa shape index (κ1) is 14.5. The number of aromatic nitrogens is 2. The summed E-state index contributed by atoms with van der Waals surface area (Å²) in [6.45, 7) is 4.61. The van der Waals surface area contributed by atoms with Crippen LogP contribution in [0.25, 0.3) is 5.65 Å². The molecule has 0 aliphatic carbocycles. The van der Waals surface area contributed by atoms with Crippen LogP contribution in [0, 0.1) is 0 Å². The lowest BCUT2D eigenvalue weighted by molar-refractivity contribution is 0.00543. The largest absolute Gasteiger partial charge is 0.378 e. The Bertz CT molecular complexity index is 527. The smallest absolute Gasteiger partial charge is 0.137 e. The Balaban J connectivity index is 1.48. The molecule has 0 spiro atoms. The van der Waals surface area contributed by atoms with Gasteiger partial charge in [0, 0.05) is 38.6 Å². The van der Waals surface area contributed by atoms with Crippen molar-refractivity contribution in [1.29, 1.82) is 0 Å². The molecule has 3 rings (SSSR count). The maximum atomic E-state index is 5.84. The van der Waals surface area contributed by atoms with Gasteiger partial charge in [-0.15, -0.1) is 0 Å². The van der Waals surface area contributed by atoms with Gasteiger partial charge in [-0.1, -0.05) is 6.07 Å². The normalized spacial score (nSPS) is 17.6. The molecule has 1 aliphatic rings. The molecule has 0 amide bonds. The van der Waals surface area contributed by atoms with Crippen molar-refractivity contribution in [3.63, 3.8) is 0 Å². The molecular weight excluding hydrogens is 264 g/mol. The summed E-state index contributed by atoms with van der Waals surface area (Å²) in [7, 11) is 0. The SMILES string of the molecule is NCCCOC1CCN(Cc2cn3ccccc3n2)CC1. The number of pyridine rings is 1. The van der Waals surface area contributed by atoms with Crippen molar-refractivity contribution in [3.8, 4) is 0 Å². The third kappa shape index (κ3) is 3.81. The minimum Gasteiger partial charge on any atom is -0.378 e. The van der Waals surface area contributed by atoms with Gasteiger partial charge in [0.05, 0.1) is 11.8 Å². The van der Waals surface area contributed by atoms with E-state index in [1.54, 1.807) is 0 Å². The summed E-state index contributed by atoms with van der Waals surface area (Å²) >= 11 is 0. The van der Waals surface area contributed by atoms with Gasteiger partial charge < -0.3 is 14.9 Å². The Hall–Kier alpha value is -1.43. The van der Waals surface area contributed by atoms with Crippen LogP contribution in [0.3, 0.4) is 0 Å². The average Bonchev–Trinajstić information content (AvgIpc) is 2.91. The van der Waals surface area contributed by atoms with E-state index in [1.165, 1.54) is 0 Å². The summed E-state index contributed by atoms with van der Waals surface area (Å²) in [4.78, 5) is 7.13. The number of hydrogen-bond donors (Lipinski definition) is 1. The number of imidazole rings is 1. The lowest BCUT2D eigenvalue weighted by atomic mass is 10.1. The number of nitrogens with two attached hydrogens (primary N) is 1. The molecule has 1 saturated heterocycles. The van der Waals surface area contributed by atoms with Gasteiger partial charge in [0.2, 0.25) is 0 Å². The summed E-state index contributed by atoms with van der Waals surface area (Å²) in [5.41, 5.74) is 7.65. The van der Waals surface area contributed by atoms with Crippen LogP contribution in [-0.2, 0) is 11.3 Å². The van der Waals surface area contributed by atoms with Gasteiger partial charge in [-0.25, -0.2) is 4.98 Å². The maximum Gasteiger partial charge on any atom is 0.137 e. The van der Waals surface area contributed by atoms with E-state index < -0.39 is 0 Å². The number of likely N-dealkylation sites (tertiary alicyclic amines) is 1. The average molecular weight is 288 g/mol. The second-order valence-corrected chi connectivity index (χ2v) is 5.69. The van der Waals surface area contributed by atoms with Crippen molar-refractivity contribution < 1.29 is 4.74 Å². The van der Waals surface area contributed by atoms with Gasteiger partial charge in [0.1, 0.15) is 5.65 Å². The summed E-state index contributed by atoms with van der Waals surface area (Å²) in [6.07, 6.45) is 7.76. The molecule has 114 valence electrons. The van der Waals surface area contributed by atoms with Crippen LogP contribution >= 0.6 is 0 Å². The summed E-state index contributed by atoms with van der Waals surface area (Å²) in [5.74, 6) is 0. The molecule has 0 radical (unpaired) electrons. The fourth-order valence-corrected chi connectivity index (χ4v) is 2.86. The molecular formula is C16H24N4O. The van der Waals surface area contributed by atoms with Gasteiger partial charge in [0.15, 0.2) is 0 Å². The van der Waals surface area contributed by atoms with Crippen LogP contribution < -0.4 is 5.73 Å². The van der Waals surface area contributed by atoms with Gasteiger partial charge in [-0.05, 0) is 37.9 Å². The Morgan fingerprint density at radius 3 is 2.90 bits per heavy atom. The lowest BCUT2D eigenvalue weighted by Gasteiger charge is -2.31. The van der Waals surface area contributed by atoms with Crippen molar-refractivity contribution in [2.75, 3.05) is 26.2 Å². The van der Waals surface area contributed by atoms with Gasteiger partial charge in [-0.2, -0.15) is 0 Å². The molecule has 2 aromatic rings. The summed E-state index contributed by atoms with van der Waals surface area (Å²) < 4.78 is 7.92. The first-order valence-electron chi connectivity index (χ1n) is 7.82. The van der Waals surface area contributed by atoms with E-state index >= 15 is 0 Å². The molecule has 0 aromatic carbocycles. The zero-order valence-electron chi connectivity index (χ0n) is 12.4. The number of piperidine rings is 1. The van der Waals surface area contributed by atoms with Crippen LogP contribution in [0.1, 0.15) is 25.0 Å². The predicted molar refractivity (Wildman–Crippen MR) is 83.1 cm³/mol. The van der Waals surface area contributed by atoms with E-state index in [0.29, 0.717) is 12.6 Å². The first-order chi connectivity index (χ1) is 10.3. The molecule has 5 nitrogen and oxygen atoms in total. The van der Waals surface area contributed by atoms with E-state index in [1.807, 2.05) is 24.4 Å². The van der Waals surface area contributed by atoms with Crippen molar-refractivity contribution >= 4 is 5.65 Å². The molecule has 1 aliphatic heterocycles. The van der Waals surface area contributed by atoms with Crippen molar-refractivity contribution in [3.05, 3.63) is 36.3 Å². The first-order valence-corrected chi connectivity index (χ1v) is 7.82. The third-order valence-corrected chi connectivity index (χ3v) is 4.04. The molecule has 2 N–H and O–H groups in total. The fourth-order valence-electron chi connectivity index (χ4n) is 2.86. The topological polar surface area (TPSA) is 55.8 Å². The minimum absolute atomic E-state index is 0.411. The Morgan fingerprint density at radius 1 is 1.29 bits per heavy atom. The molecule has 21 heavy (non-hydrogen) atoms. The molecule has 0 unspecified atom stereocenters. The second-order valence-electron chi connectivity index (χ2n) is 5.69. The quantitative estimate of drug-likeness (QED) is 0.822. The summed E-state index contributed by atoms with van der Waals surface area (Å²) in [5, 5.41) is 0.